The number of nitrogens with one attached hydrogen (secondary N) is 2. The van der Waals surface area contributed by atoms with E-state index in [2.05, 4.69) is 10.6 Å². The first-order chi connectivity index (χ1) is 14.5. The number of benzene rings is 3. The standard InChI is InChI=1S/C23H22ClN3O3/c1-27(19-9-4-3-5-10-19)23(29)16-7-6-8-18(13-16)26-22(28)15-25-17-11-12-21(30-2)20(24)14-17/h3-14,25H,15H2,1-2H3,(H,26,28). The van der Waals surface area contributed by atoms with Gasteiger partial charge in [0.15, 0.2) is 0 Å². The summed E-state index contributed by atoms with van der Waals surface area (Å²) in [5, 5.41) is 6.26. The molecule has 0 saturated carbocycles. The van der Waals surface area contributed by atoms with Crippen molar-refractivity contribution in [3.63, 3.8) is 0 Å². The SMILES string of the molecule is COc1ccc(NCC(=O)Nc2cccc(C(=O)N(C)c3ccccc3)c2)cc1Cl. The largest absolute Gasteiger partial charge is 0.495 e. The number of nitrogens with zero attached hydrogens (tertiary/aromatic N) is 1. The Morgan fingerprint density at radius 1 is 0.967 bits per heavy atom. The van der Waals surface area contributed by atoms with Gasteiger partial charge in [-0.05, 0) is 48.5 Å². The molecule has 154 valence electrons. The molecule has 0 fully saturated rings. The molecule has 0 radical (unpaired) electrons. The Kier molecular flexibility index (Phi) is 6.93. The zero-order valence-corrected chi connectivity index (χ0v) is 17.4. The molecule has 6 nitrogen and oxygen atoms in total. The van der Waals surface area contributed by atoms with Gasteiger partial charge in [-0.25, -0.2) is 0 Å². The number of para-hydroxylation sites is 1. The molecule has 0 bridgehead atoms. The average Bonchev–Trinajstić information content (AvgIpc) is 2.77. The predicted molar refractivity (Wildman–Crippen MR) is 121 cm³/mol. The van der Waals surface area contributed by atoms with Crippen LogP contribution in [0.5, 0.6) is 5.75 Å². The Morgan fingerprint density at radius 3 is 2.43 bits per heavy atom. The van der Waals surface area contributed by atoms with E-state index in [9.17, 15) is 9.59 Å². The Bertz CT molecular complexity index is 1040. The summed E-state index contributed by atoms with van der Waals surface area (Å²) in [5.41, 5.74) is 2.51. The lowest BCUT2D eigenvalue weighted by Crippen LogP contribution is -2.26. The fourth-order valence-electron chi connectivity index (χ4n) is 2.86. The van der Waals surface area contributed by atoms with E-state index in [0.717, 1.165) is 5.69 Å². The van der Waals surface area contributed by atoms with Crippen LogP contribution in [0.3, 0.4) is 0 Å². The number of ether oxygens (including phenoxy) is 1. The molecule has 30 heavy (non-hydrogen) atoms. The van der Waals surface area contributed by atoms with Gasteiger partial charge in [0, 0.05) is 29.7 Å². The molecule has 0 unspecified atom stereocenters. The second-order valence-corrected chi connectivity index (χ2v) is 6.94. The lowest BCUT2D eigenvalue weighted by Gasteiger charge is -2.17. The summed E-state index contributed by atoms with van der Waals surface area (Å²) >= 11 is 6.09. The van der Waals surface area contributed by atoms with E-state index in [1.165, 1.54) is 7.11 Å². The minimum Gasteiger partial charge on any atom is -0.495 e. The molecular weight excluding hydrogens is 402 g/mol. The fraction of sp³-hybridized carbons (Fsp3) is 0.130. The lowest BCUT2D eigenvalue weighted by atomic mass is 10.1. The molecule has 3 aromatic carbocycles. The van der Waals surface area contributed by atoms with Crippen molar-refractivity contribution in [2.75, 3.05) is 36.2 Å². The van der Waals surface area contributed by atoms with Gasteiger partial charge in [-0.1, -0.05) is 35.9 Å². The van der Waals surface area contributed by atoms with Gasteiger partial charge in [0.2, 0.25) is 5.91 Å². The Labute approximate surface area is 180 Å². The van der Waals surface area contributed by atoms with Crippen molar-refractivity contribution in [1.82, 2.24) is 0 Å². The molecule has 0 heterocycles. The molecule has 2 amide bonds. The molecular formula is C23H22ClN3O3. The molecule has 0 saturated heterocycles. The van der Waals surface area contributed by atoms with Gasteiger partial charge >= 0.3 is 0 Å². The van der Waals surface area contributed by atoms with Crippen molar-refractivity contribution in [3.8, 4) is 5.75 Å². The van der Waals surface area contributed by atoms with Crippen molar-refractivity contribution >= 4 is 40.5 Å². The van der Waals surface area contributed by atoms with Crippen LogP contribution >= 0.6 is 11.6 Å². The van der Waals surface area contributed by atoms with E-state index in [4.69, 9.17) is 16.3 Å². The van der Waals surface area contributed by atoms with Crippen LogP contribution in [0.25, 0.3) is 0 Å². The molecule has 7 heteroatoms. The lowest BCUT2D eigenvalue weighted by molar-refractivity contribution is -0.114. The normalized spacial score (nSPS) is 10.2. The van der Waals surface area contributed by atoms with E-state index >= 15 is 0 Å². The van der Waals surface area contributed by atoms with E-state index in [-0.39, 0.29) is 18.4 Å². The first kappa shape index (κ1) is 21.2. The highest BCUT2D eigenvalue weighted by atomic mass is 35.5. The maximum absolute atomic E-state index is 12.8. The summed E-state index contributed by atoms with van der Waals surface area (Å²) in [4.78, 5) is 26.6. The first-order valence-corrected chi connectivity index (χ1v) is 9.66. The number of halogens is 1. The number of hydrogen-bond donors (Lipinski definition) is 2. The number of methoxy groups -OCH3 is 1. The summed E-state index contributed by atoms with van der Waals surface area (Å²) in [6.07, 6.45) is 0. The van der Waals surface area contributed by atoms with Crippen molar-refractivity contribution in [3.05, 3.63) is 83.4 Å². The predicted octanol–water partition coefficient (Wildman–Crippen LogP) is 4.68. The van der Waals surface area contributed by atoms with Crippen LogP contribution in [-0.4, -0.2) is 32.5 Å². The molecule has 3 rings (SSSR count). The first-order valence-electron chi connectivity index (χ1n) is 9.28. The Balaban J connectivity index is 1.61. The molecule has 0 spiro atoms. The van der Waals surface area contributed by atoms with E-state index in [1.54, 1.807) is 54.4 Å². The topological polar surface area (TPSA) is 70.7 Å². The summed E-state index contributed by atoms with van der Waals surface area (Å²) in [7, 11) is 3.26. The van der Waals surface area contributed by atoms with E-state index in [1.807, 2.05) is 30.3 Å². The van der Waals surface area contributed by atoms with Crippen molar-refractivity contribution < 1.29 is 14.3 Å². The highest BCUT2D eigenvalue weighted by Gasteiger charge is 2.14. The summed E-state index contributed by atoms with van der Waals surface area (Å²) < 4.78 is 5.11. The Morgan fingerprint density at radius 2 is 1.73 bits per heavy atom. The molecule has 0 aliphatic heterocycles. The molecule has 0 atom stereocenters. The van der Waals surface area contributed by atoms with Crippen LogP contribution in [0.15, 0.2) is 72.8 Å². The molecule has 0 aromatic heterocycles. The maximum Gasteiger partial charge on any atom is 0.258 e. The third kappa shape index (κ3) is 5.30. The van der Waals surface area contributed by atoms with Gasteiger partial charge in [-0.15, -0.1) is 0 Å². The third-order valence-electron chi connectivity index (χ3n) is 4.45. The number of amides is 2. The number of hydrogen-bond acceptors (Lipinski definition) is 4. The van der Waals surface area contributed by atoms with Gasteiger partial charge in [-0.3, -0.25) is 9.59 Å². The number of carbonyl (C=O) groups excluding carboxylic acids is 2. The van der Waals surface area contributed by atoms with Crippen LogP contribution in [-0.2, 0) is 4.79 Å². The monoisotopic (exact) mass is 423 g/mol. The average molecular weight is 424 g/mol. The highest BCUT2D eigenvalue weighted by Crippen LogP contribution is 2.27. The molecule has 3 aromatic rings. The van der Waals surface area contributed by atoms with Crippen molar-refractivity contribution in [1.29, 1.82) is 0 Å². The molecule has 2 N–H and O–H groups in total. The number of anilines is 3. The van der Waals surface area contributed by atoms with E-state index < -0.39 is 0 Å². The minimum atomic E-state index is -0.247. The van der Waals surface area contributed by atoms with Crippen molar-refractivity contribution in [2.45, 2.75) is 0 Å². The zero-order valence-electron chi connectivity index (χ0n) is 16.7. The summed E-state index contributed by atoms with van der Waals surface area (Å²) in [6.45, 7) is 0.0464. The third-order valence-corrected chi connectivity index (χ3v) is 4.74. The molecule has 0 aliphatic carbocycles. The van der Waals surface area contributed by atoms with Crippen LogP contribution in [0.4, 0.5) is 17.1 Å². The quantitative estimate of drug-likeness (QED) is 0.579. The fourth-order valence-corrected chi connectivity index (χ4v) is 3.11. The minimum absolute atomic E-state index is 0.0464. The zero-order chi connectivity index (χ0) is 21.5. The second-order valence-electron chi connectivity index (χ2n) is 6.53. The summed E-state index contributed by atoms with van der Waals surface area (Å²) in [5.74, 6) is 0.153. The van der Waals surface area contributed by atoms with Gasteiger partial charge in [0.25, 0.3) is 5.91 Å². The maximum atomic E-state index is 12.8. The van der Waals surface area contributed by atoms with Crippen LogP contribution in [0.2, 0.25) is 5.02 Å². The number of rotatable bonds is 7. The van der Waals surface area contributed by atoms with Gasteiger partial charge < -0.3 is 20.3 Å². The highest BCUT2D eigenvalue weighted by molar-refractivity contribution is 6.32. The Hall–Kier alpha value is -3.51. The van der Waals surface area contributed by atoms with Crippen LogP contribution in [0.1, 0.15) is 10.4 Å². The summed E-state index contributed by atoms with van der Waals surface area (Å²) in [6, 6.07) is 21.4. The van der Waals surface area contributed by atoms with Gasteiger partial charge in [0.05, 0.1) is 18.7 Å². The molecule has 0 aliphatic rings. The van der Waals surface area contributed by atoms with Crippen LogP contribution < -0.4 is 20.3 Å². The van der Waals surface area contributed by atoms with Gasteiger partial charge in [-0.2, -0.15) is 0 Å². The van der Waals surface area contributed by atoms with Gasteiger partial charge in [0.1, 0.15) is 5.75 Å². The smallest absolute Gasteiger partial charge is 0.258 e. The van der Waals surface area contributed by atoms with Crippen LogP contribution in [0, 0.1) is 0 Å². The van der Waals surface area contributed by atoms with E-state index in [0.29, 0.717) is 27.7 Å². The number of carbonyl (C=O) groups is 2. The second kappa shape index (κ2) is 9.80. The van der Waals surface area contributed by atoms with Crippen molar-refractivity contribution in [2.24, 2.45) is 0 Å².